The van der Waals surface area contributed by atoms with Crippen molar-refractivity contribution in [3.05, 3.63) is 108 Å². The quantitative estimate of drug-likeness (QED) is 0.226. The third-order valence-corrected chi connectivity index (χ3v) is 7.93. The molecule has 5 aromatic rings. The topological polar surface area (TPSA) is 11.4 Å². The molecule has 0 spiro atoms. The Kier molecular flexibility index (Phi) is 6.49. The SMILES string of the molecule is CCN(C)c1ccc(C(C)(c2ccc(N(CC)CC)cc2)n2c3ccccc3c3ccccc32)cc1. The molecule has 1 aromatic heterocycles. The minimum absolute atomic E-state index is 0.395. The lowest BCUT2D eigenvalue weighted by molar-refractivity contribution is 0.507. The number of para-hydroxylation sites is 2. The Labute approximate surface area is 215 Å². The third-order valence-electron chi connectivity index (χ3n) is 7.93. The van der Waals surface area contributed by atoms with Crippen LogP contribution in [0.1, 0.15) is 38.8 Å². The van der Waals surface area contributed by atoms with E-state index in [-0.39, 0.29) is 0 Å². The normalized spacial score (nSPS) is 13.1. The van der Waals surface area contributed by atoms with Crippen LogP contribution in [0.25, 0.3) is 21.8 Å². The number of aromatic nitrogens is 1. The molecule has 36 heavy (non-hydrogen) atoms. The fraction of sp³-hybridized carbons (Fsp3) is 0.273. The lowest BCUT2D eigenvalue weighted by Gasteiger charge is -2.35. The van der Waals surface area contributed by atoms with Crippen LogP contribution in [0.5, 0.6) is 0 Å². The van der Waals surface area contributed by atoms with E-state index in [1.54, 1.807) is 0 Å². The molecule has 0 aliphatic carbocycles. The summed E-state index contributed by atoms with van der Waals surface area (Å²) in [7, 11) is 2.15. The van der Waals surface area contributed by atoms with Gasteiger partial charge < -0.3 is 14.4 Å². The minimum atomic E-state index is -0.395. The summed E-state index contributed by atoms with van der Waals surface area (Å²) < 4.78 is 2.54. The van der Waals surface area contributed by atoms with Crippen LogP contribution in [0, 0.1) is 0 Å². The van der Waals surface area contributed by atoms with Gasteiger partial charge in [-0.2, -0.15) is 0 Å². The van der Waals surface area contributed by atoms with Crippen molar-refractivity contribution in [2.75, 3.05) is 36.5 Å². The van der Waals surface area contributed by atoms with Crippen LogP contribution in [-0.2, 0) is 5.54 Å². The molecule has 0 radical (unpaired) electrons. The number of benzene rings is 4. The first-order valence-electron chi connectivity index (χ1n) is 13.2. The van der Waals surface area contributed by atoms with Gasteiger partial charge in [0.1, 0.15) is 0 Å². The van der Waals surface area contributed by atoms with E-state index in [1.165, 1.54) is 44.3 Å². The zero-order valence-corrected chi connectivity index (χ0v) is 22.2. The molecular formula is C33H37N3. The van der Waals surface area contributed by atoms with Crippen molar-refractivity contribution in [1.82, 2.24) is 4.57 Å². The van der Waals surface area contributed by atoms with E-state index in [4.69, 9.17) is 0 Å². The van der Waals surface area contributed by atoms with Gasteiger partial charge in [-0.25, -0.2) is 0 Å². The standard InChI is InChI=1S/C33H37N3/c1-6-34(5)27-21-17-25(18-22-27)33(4,26-19-23-28(24-20-26)35(7-2)8-3)36-31-15-11-9-13-29(31)30-14-10-12-16-32(30)36/h9-24H,6-8H2,1-5H3. The van der Waals surface area contributed by atoms with Crippen LogP contribution in [0.4, 0.5) is 11.4 Å². The molecule has 5 rings (SSSR count). The lowest BCUT2D eigenvalue weighted by atomic mass is 9.83. The first kappa shape index (κ1) is 24.0. The molecule has 0 fully saturated rings. The second-order valence-corrected chi connectivity index (χ2v) is 9.72. The third kappa shape index (κ3) is 3.83. The summed E-state index contributed by atoms with van der Waals surface area (Å²) in [5, 5.41) is 2.59. The monoisotopic (exact) mass is 475 g/mol. The molecule has 0 aliphatic heterocycles. The zero-order chi connectivity index (χ0) is 25.3. The predicted octanol–water partition coefficient (Wildman–Crippen LogP) is 7.91. The van der Waals surface area contributed by atoms with Crippen LogP contribution in [-0.4, -0.2) is 31.2 Å². The highest BCUT2D eigenvalue weighted by Crippen LogP contribution is 2.42. The number of fused-ring (bicyclic) bond motifs is 3. The van der Waals surface area contributed by atoms with Crippen molar-refractivity contribution in [1.29, 1.82) is 0 Å². The summed E-state index contributed by atoms with van der Waals surface area (Å²) in [4.78, 5) is 4.68. The molecule has 1 heterocycles. The minimum Gasteiger partial charge on any atom is -0.375 e. The van der Waals surface area contributed by atoms with E-state index >= 15 is 0 Å². The predicted molar refractivity (Wildman–Crippen MR) is 157 cm³/mol. The first-order chi connectivity index (χ1) is 17.5. The Bertz CT molecular complexity index is 1410. The van der Waals surface area contributed by atoms with Crippen molar-refractivity contribution < 1.29 is 0 Å². The van der Waals surface area contributed by atoms with Crippen LogP contribution >= 0.6 is 0 Å². The summed E-state index contributed by atoms with van der Waals surface area (Å²) in [6.45, 7) is 12.0. The average molecular weight is 476 g/mol. The molecule has 4 aromatic carbocycles. The van der Waals surface area contributed by atoms with E-state index in [2.05, 4.69) is 146 Å². The Morgan fingerprint density at radius 3 is 1.47 bits per heavy atom. The van der Waals surface area contributed by atoms with E-state index in [1.807, 2.05) is 0 Å². The molecule has 1 atom stereocenters. The Morgan fingerprint density at radius 1 is 0.583 bits per heavy atom. The van der Waals surface area contributed by atoms with Crippen LogP contribution in [0.15, 0.2) is 97.1 Å². The molecular weight excluding hydrogens is 438 g/mol. The van der Waals surface area contributed by atoms with Gasteiger partial charge in [0.15, 0.2) is 0 Å². The van der Waals surface area contributed by atoms with E-state index in [0.29, 0.717) is 0 Å². The number of nitrogens with zero attached hydrogens (tertiary/aromatic N) is 3. The van der Waals surface area contributed by atoms with Gasteiger partial charge in [-0.05, 0) is 75.2 Å². The summed E-state index contributed by atoms with van der Waals surface area (Å²) in [6, 6.07) is 36.0. The van der Waals surface area contributed by atoms with Gasteiger partial charge in [-0.1, -0.05) is 60.7 Å². The summed E-state index contributed by atoms with van der Waals surface area (Å²) >= 11 is 0. The van der Waals surface area contributed by atoms with Crippen molar-refractivity contribution in [3.8, 4) is 0 Å². The Hall–Kier alpha value is -3.72. The molecule has 0 bridgehead atoms. The lowest BCUT2D eigenvalue weighted by Crippen LogP contribution is -2.33. The summed E-state index contributed by atoms with van der Waals surface area (Å²) in [6.07, 6.45) is 0. The average Bonchev–Trinajstić information content (AvgIpc) is 3.28. The highest BCUT2D eigenvalue weighted by atomic mass is 15.1. The maximum Gasteiger partial charge on any atom is 0.0927 e. The van der Waals surface area contributed by atoms with Gasteiger partial charge in [0.25, 0.3) is 0 Å². The molecule has 3 nitrogen and oxygen atoms in total. The molecule has 0 saturated carbocycles. The van der Waals surface area contributed by atoms with Crippen molar-refractivity contribution in [3.63, 3.8) is 0 Å². The summed E-state index contributed by atoms with van der Waals surface area (Å²) in [5.41, 5.74) is 7.18. The maximum atomic E-state index is 2.54. The van der Waals surface area contributed by atoms with Crippen LogP contribution in [0.3, 0.4) is 0 Å². The van der Waals surface area contributed by atoms with Gasteiger partial charge in [-0.15, -0.1) is 0 Å². The van der Waals surface area contributed by atoms with E-state index in [0.717, 1.165) is 19.6 Å². The second-order valence-electron chi connectivity index (χ2n) is 9.72. The maximum absolute atomic E-state index is 2.54. The molecule has 0 N–H and O–H groups in total. The smallest absolute Gasteiger partial charge is 0.0927 e. The van der Waals surface area contributed by atoms with Gasteiger partial charge in [0, 0.05) is 48.8 Å². The summed E-state index contributed by atoms with van der Waals surface area (Å²) in [5.74, 6) is 0. The molecule has 3 heteroatoms. The van der Waals surface area contributed by atoms with E-state index < -0.39 is 5.54 Å². The second kappa shape index (κ2) is 9.73. The molecule has 0 saturated heterocycles. The van der Waals surface area contributed by atoms with Crippen LogP contribution in [0.2, 0.25) is 0 Å². The van der Waals surface area contributed by atoms with Gasteiger partial charge in [0.2, 0.25) is 0 Å². The number of rotatable bonds is 8. The number of hydrogen-bond donors (Lipinski definition) is 0. The molecule has 0 aliphatic rings. The Balaban J connectivity index is 1.79. The zero-order valence-electron chi connectivity index (χ0n) is 22.2. The van der Waals surface area contributed by atoms with Gasteiger partial charge >= 0.3 is 0 Å². The molecule has 184 valence electrons. The van der Waals surface area contributed by atoms with Crippen LogP contribution < -0.4 is 9.80 Å². The van der Waals surface area contributed by atoms with Crippen molar-refractivity contribution in [2.45, 2.75) is 33.2 Å². The van der Waals surface area contributed by atoms with Crippen molar-refractivity contribution >= 4 is 33.2 Å². The highest BCUT2D eigenvalue weighted by Gasteiger charge is 2.34. The van der Waals surface area contributed by atoms with E-state index in [9.17, 15) is 0 Å². The molecule has 1 unspecified atom stereocenters. The highest BCUT2D eigenvalue weighted by molar-refractivity contribution is 6.08. The fourth-order valence-electron chi connectivity index (χ4n) is 5.64. The Morgan fingerprint density at radius 2 is 1.03 bits per heavy atom. The first-order valence-corrected chi connectivity index (χ1v) is 13.2. The van der Waals surface area contributed by atoms with Gasteiger partial charge in [-0.3, -0.25) is 0 Å². The molecule has 0 amide bonds. The number of hydrogen-bond acceptors (Lipinski definition) is 2. The van der Waals surface area contributed by atoms with Gasteiger partial charge in [0.05, 0.1) is 16.6 Å². The fourth-order valence-corrected chi connectivity index (χ4v) is 5.64. The number of anilines is 2. The van der Waals surface area contributed by atoms with Crippen molar-refractivity contribution in [2.24, 2.45) is 0 Å². The largest absolute Gasteiger partial charge is 0.375 e.